The van der Waals surface area contributed by atoms with Crippen molar-refractivity contribution in [2.45, 2.75) is 10.4 Å². The number of alkyl halides is 3. The molecule has 3 rings (SSSR count). The highest BCUT2D eigenvalue weighted by atomic mass is 32.2. The third-order valence-corrected chi connectivity index (χ3v) is 4.76. The average molecular weight is 436 g/mol. The highest BCUT2D eigenvalue weighted by Crippen LogP contribution is 2.38. The summed E-state index contributed by atoms with van der Waals surface area (Å²) in [6, 6.07) is 13.8. The summed E-state index contributed by atoms with van der Waals surface area (Å²) in [6.45, 7) is 0. The van der Waals surface area contributed by atoms with E-state index in [4.69, 9.17) is 9.47 Å². The molecule has 1 heterocycles. The fourth-order valence-corrected chi connectivity index (χ4v) is 3.31. The highest BCUT2D eigenvalue weighted by molar-refractivity contribution is 8.00. The first-order valence-electron chi connectivity index (χ1n) is 8.46. The molecule has 0 unspecified atom stereocenters. The van der Waals surface area contributed by atoms with E-state index in [1.807, 2.05) is 0 Å². The number of methoxy groups -OCH3 is 2. The molecule has 6 nitrogen and oxygen atoms in total. The van der Waals surface area contributed by atoms with Crippen molar-refractivity contribution in [1.82, 2.24) is 9.78 Å². The van der Waals surface area contributed by atoms with Crippen molar-refractivity contribution in [2.75, 3.05) is 14.2 Å². The number of hydrogen-bond donors (Lipinski definition) is 0. The molecule has 0 atom stereocenters. The third-order valence-electron chi connectivity index (χ3n) is 4.02. The van der Waals surface area contributed by atoms with E-state index in [0.717, 1.165) is 14.2 Å². The zero-order valence-corrected chi connectivity index (χ0v) is 16.6. The van der Waals surface area contributed by atoms with Crippen LogP contribution in [0, 0.1) is 0 Å². The molecule has 0 bridgehead atoms. The Kier molecular flexibility index (Phi) is 6.16. The number of esters is 2. The summed E-state index contributed by atoms with van der Waals surface area (Å²) in [5.74, 6) is -1.65. The topological polar surface area (TPSA) is 70.4 Å². The molecule has 0 aliphatic carbocycles. The van der Waals surface area contributed by atoms with Gasteiger partial charge >= 0.3 is 17.4 Å². The van der Waals surface area contributed by atoms with Gasteiger partial charge in [-0.2, -0.15) is 18.3 Å². The van der Waals surface area contributed by atoms with Gasteiger partial charge in [-0.15, -0.1) is 0 Å². The van der Waals surface area contributed by atoms with Crippen LogP contribution in [-0.2, 0) is 9.47 Å². The minimum absolute atomic E-state index is 0.0263. The normalized spacial score (nSPS) is 11.2. The van der Waals surface area contributed by atoms with Gasteiger partial charge in [0.15, 0.2) is 5.69 Å². The van der Waals surface area contributed by atoms with E-state index in [0.29, 0.717) is 11.3 Å². The molecular formula is C20H15F3N2O4S. The number of aromatic nitrogens is 2. The Morgan fingerprint density at radius 2 is 1.53 bits per heavy atom. The average Bonchev–Trinajstić information content (AvgIpc) is 3.13. The number of benzene rings is 2. The van der Waals surface area contributed by atoms with Crippen LogP contribution < -0.4 is 0 Å². The Hall–Kier alpha value is -3.27. The van der Waals surface area contributed by atoms with Gasteiger partial charge in [0, 0.05) is 10.5 Å². The summed E-state index contributed by atoms with van der Waals surface area (Å²) in [6.07, 6.45) is 0. The first kappa shape index (κ1) is 21.4. The fraction of sp³-hybridized carbons (Fsp3) is 0.150. The fourth-order valence-electron chi connectivity index (χ4n) is 2.77. The third kappa shape index (κ3) is 4.48. The van der Waals surface area contributed by atoms with Gasteiger partial charge in [0.25, 0.3) is 0 Å². The number of rotatable bonds is 5. The number of nitrogens with zero attached hydrogens (tertiary/aromatic N) is 2. The molecule has 0 fully saturated rings. The molecule has 10 heteroatoms. The van der Waals surface area contributed by atoms with Crippen molar-refractivity contribution in [3.8, 4) is 16.9 Å². The van der Waals surface area contributed by atoms with Crippen molar-refractivity contribution in [2.24, 2.45) is 0 Å². The molecule has 0 N–H and O–H groups in total. The molecule has 0 spiro atoms. The lowest BCUT2D eigenvalue weighted by atomic mass is 10.1. The molecule has 2 aromatic carbocycles. The van der Waals surface area contributed by atoms with Crippen molar-refractivity contribution in [3.05, 3.63) is 65.9 Å². The Balaban J connectivity index is 2.20. The Bertz CT molecular complexity index is 1060. The number of carbonyl (C=O) groups is 2. The minimum Gasteiger partial charge on any atom is -0.465 e. The lowest BCUT2D eigenvalue weighted by molar-refractivity contribution is -0.0328. The number of thioether (sulfide) groups is 1. The van der Waals surface area contributed by atoms with Gasteiger partial charge in [0.2, 0.25) is 0 Å². The van der Waals surface area contributed by atoms with Crippen molar-refractivity contribution >= 4 is 23.7 Å². The summed E-state index contributed by atoms with van der Waals surface area (Å²) in [5.41, 5.74) is -3.83. The predicted octanol–water partition coefficient (Wildman–Crippen LogP) is 4.72. The van der Waals surface area contributed by atoms with Crippen LogP contribution in [0.25, 0.3) is 16.9 Å². The van der Waals surface area contributed by atoms with E-state index in [1.54, 1.807) is 30.3 Å². The highest BCUT2D eigenvalue weighted by Gasteiger charge is 2.32. The molecule has 0 saturated carbocycles. The van der Waals surface area contributed by atoms with Crippen molar-refractivity contribution in [3.63, 3.8) is 0 Å². The van der Waals surface area contributed by atoms with Crippen LogP contribution >= 0.6 is 11.8 Å². The van der Waals surface area contributed by atoms with Crippen molar-refractivity contribution in [1.29, 1.82) is 0 Å². The molecule has 30 heavy (non-hydrogen) atoms. The lowest BCUT2D eigenvalue weighted by Gasteiger charge is -2.07. The van der Waals surface area contributed by atoms with E-state index in [1.165, 1.54) is 28.9 Å². The second-order valence-electron chi connectivity index (χ2n) is 5.87. The smallest absolute Gasteiger partial charge is 0.446 e. The first-order chi connectivity index (χ1) is 14.2. The van der Waals surface area contributed by atoms with Gasteiger partial charge in [0.05, 0.1) is 19.9 Å². The van der Waals surface area contributed by atoms with Gasteiger partial charge in [0.1, 0.15) is 11.3 Å². The van der Waals surface area contributed by atoms with Gasteiger partial charge in [-0.05, 0) is 36.0 Å². The predicted molar refractivity (Wildman–Crippen MR) is 104 cm³/mol. The Morgan fingerprint density at radius 3 is 2.07 bits per heavy atom. The van der Waals surface area contributed by atoms with Gasteiger partial charge in [-0.3, -0.25) is 0 Å². The summed E-state index contributed by atoms with van der Waals surface area (Å²) >= 11 is -0.258. The molecule has 0 radical (unpaired) electrons. The maximum Gasteiger partial charge on any atom is 0.446 e. The van der Waals surface area contributed by atoms with Crippen LogP contribution in [0.4, 0.5) is 13.2 Å². The molecule has 0 aliphatic heterocycles. The molecule has 0 saturated heterocycles. The Labute approximate surface area is 173 Å². The van der Waals surface area contributed by atoms with E-state index in [-0.39, 0.29) is 33.6 Å². The van der Waals surface area contributed by atoms with Gasteiger partial charge in [-0.25, -0.2) is 14.3 Å². The summed E-state index contributed by atoms with van der Waals surface area (Å²) in [5, 5.41) is 4.38. The van der Waals surface area contributed by atoms with Crippen molar-refractivity contribution < 1.29 is 32.2 Å². The standard InChI is InChI=1S/C20H15F3N2O4S/c1-28-18(26)15-16(12-8-10-14(11-9-12)30-20(21,22)23)24-25(17(15)19(27)29-2)13-6-4-3-5-7-13/h3-11H,1-2H3. The zero-order chi connectivity index (χ0) is 21.9. The number of carbonyl (C=O) groups excluding carboxylic acids is 2. The van der Waals surface area contributed by atoms with E-state index < -0.39 is 17.4 Å². The zero-order valence-electron chi connectivity index (χ0n) is 15.8. The largest absolute Gasteiger partial charge is 0.465 e. The van der Waals surface area contributed by atoms with Crippen LogP contribution in [0.3, 0.4) is 0 Å². The molecule has 156 valence electrons. The summed E-state index contributed by atoms with van der Waals surface area (Å²) in [4.78, 5) is 25.0. The second kappa shape index (κ2) is 8.62. The van der Waals surface area contributed by atoms with E-state index in [9.17, 15) is 22.8 Å². The van der Waals surface area contributed by atoms with Crippen LogP contribution in [0.2, 0.25) is 0 Å². The number of hydrogen-bond acceptors (Lipinski definition) is 6. The number of para-hydroxylation sites is 1. The maximum atomic E-state index is 12.6. The molecule has 3 aromatic rings. The maximum absolute atomic E-state index is 12.6. The SMILES string of the molecule is COC(=O)c1c(-c2ccc(SC(F)(F)F)cc2)nn(-c2ccccc2)c1C(=O)OC. The molecule has 0 aliphatic rings. The monoisotopic (exact) mass is 436 g/mol. The minimum atomic E-state index is -4.42. The van der Waals surface area contributed by atoms with Crippen LogP contribution in [-0.4, -0.2) is 41.4 Å². The van der Waals surface area contributed by atoms with Crippen LogP contribution in [0.5, 0.6) is 0 Å². The summed E-state index contributed by atoms with van der Waals surface area (Å²) in [7, 11) is 2.31. The van der Waals surface area contributed by atoms with Crippen LogP contribution in [0.15, 0.2) is 59.5 Å². The second-order valence-corrected chi connectivity index (χ2v) is 7.01. The van der Waals surface area contributed by atoms with E-state index in [2.05, 4.69) is 5.10 Å². The number of ether oxygens (including phenoxy) is 2. The van der Waals surface area contributed by atoms with Gasteiger partial charge < -0.3 is 9.47 Å². The lowest BCUT2D eigenvalue weighted by Crippen LogP contribution is -2.15. The van der Waals surface area contributed by atoms with Crippen LogP contribution in [0.1, 0.15) is 20.8 Å². The number of halogens is 3. The van der Waals surface area contributed by atoms with Gasteiger partial charge in [-0.1, -0.05) is 30.3 Å². The molecule has 1 aromatic heterocycles. The quantitative estimate of drug-likeness (QED) is 0.426. The van der Waals surface area contributed by atoms with E-state index >= 15 is 0 Å². The molecular weight excluding hydrogens is 421 g/mol. The Morgan fingerprint density at radius 1 is 0.933 bits per heavy atom. The summed E-state index contributed by atoms with van der Waals surface area (Å²) < 4.78 is 48.6. The first-order valence-corrected chi connectivity index (χ1v) is 9.28. The molecule has 0 amide bonds.